The topological polar surface area (TPSA) is 46.5 Å². The van der Waals surface area contributed by atoms with E-state index < -0.39 is 5.97 Å². The zero-order valence-corrected chi connectivity index (χ0v) is 10.4. The smallest absolute Gasteiger partial charge is 0.335 e. The summed E-state index contributed by atoms with van der Waals surface area (Å²) in [4.78, 5) is 11.8. The van der Waals surface area contributed by atoms with E-state index in [0.717, 1.165) is 42.6 Å². The molecule has 0 saturated carbocycles. The third-order valence-electron chi connectivity index (χ3n) is 2.93. The molecule has 17 heavy (non-hydrogen) atoms. The first-order valence-corrected chi connectivity index (χ1v) is 6.78. The van der Waals surface area contributed by atoms with E-state index in [-0.39, 0.29) is 0 Å². The molecule has 1 heterocycles. The summed E-state index contributed by atoms with van der Waals surface area (Å²) in [5, 5.41) is 8.79. The number of carbonyl (C=O) groups is 1. The minimum absolute atomic E-state index is 0.348. The van der Waals surface area contributed by atoms with Gasteiger partial charge in [0.05, 0.1) is 5.56 Å². The summed E-state index contributed by atoms with van der Waals surface area (Å²) >= 11 is 1.80. The Bertz CT molecular complexity index is 369. The molecule has 4 heteroatoms. The van der Waals surface area contributed by atoms with Crippen molar-refractivity contribution in [3.8, 4) is 0 Å². The van der Waals surface area contributed by atoms with Crippen LogP contribution >= 0.6 is 11.8 Å². The van der Waals surface area contributed by atoms with Crippen LogP contribution in [0.15, 0.2) is 29.2 Å². The lowest BCUT2D eigenvalue weighted by Gasteiger charge is -2.21. The van der Waals surface area contributed by atoms with Crippen molar-refractivity contribution in [2.24, 2.45) is 5.92 Å². The first-order valence-electron chi connectivity index (χ1n) is 5.79. The van der Waals surface area contributed by atoms with E-state index >= 15 is 0 Å². The summed E-state index contributed by atoms with van der Waals surface area (Å²) in [5.41, 5.74) is 0.348. The Kier molecular flexibility index (Phi) is 4.45. The molecule has 1 saturated heterocycles. The van der Waals surface area contributed by atoms with Gasteiger partial charge in [0.15, 0.2) is 0 Å². The zero-order valence-electron chi connectivity index (χ0n) is 9.59. The second-order valence-corrected chi connectivity index (χ2v) is 5.29. The second kappa shape index (κ2) is 6.07. The highest BCUT2D eigenvalue weighted by atomic mass is 32.2. The number of ether oxygens (including phenoxy) is 1. The van der Waals surface area contributed by atoms with Crippen LogP contribution in [0.1, 0.15) is 23.2 Å². The van der Waals surface area contributed by atoms with Crippen molar-refractivity contribution in [3.05, 3.63) is 29.8 Å². The highest BCUT2D eigenvalue weighted by Crippen LogP contribution is 2.25. The fraction of sp³-hybridized carbons (Fsp3) is 0.462. The van der Waals surface area contributed by atoms with Crippen molar-refractivity contribution < 1.29 is 14.6 Å². The van der Waals surface area contributed by atoms with Crippen LogP contribution in [0.5, 0.6) is 0 Å². The van der Waals surface area contributed by atoms with Gasteiger partial charge in [-0.3, -0.25) is 0 Å². The van der Waals surface area contributed by atoms with E-state index in [9.17, 15) is 4.79 Å². The number of hydrogen-bond donors (Lipinski definition) is 1. The van der Waals surface area contributed by atoms with Gasteiger partial charge in [-0.25, -0.2) is 4.79 Å². The van der Waals surface area contributed by atoms with Crippen LogP contribution in [0.25, 0.3) is 0 Å². The molecule has 1 fully saturated rings. The Morgan fingerprint density at radius 2 is 1.94 bits per heavy atom. The van der Waals surface area contributed by atoms with Crippen LogP contribution in [0.3, 0.4) is 0 Å². The van der Waals surface area contributed by atoms with Crippen LogP contribution in [-0.4, -0.2) is 30.0 Å². The number of thioether (sulfide) groups is 1. The lowest BCUT2D eigenvalue weighted by Crippen LogP contribution is -2.17. The predicted molar refractivity (Wildman–Crippen MR) is 67.7 cm³/mol. The van der Waals surface area contributed by atoms with Gasteiger partial charge in [0.25, 0.3) is 0 Å². The molecule has 2 rings (SSSR count). The van der Waals surface area contributed by atoms with Crippen molar-refractivity contribution >= 4 is 17.7 Å². The summed E-state index contributed by atoms with van der Waals surface area (Å²) < 4.78 is 5.32. The molecule has 1 aromatic rings. The molecule has 0 aliphatic carbocycles. The van der Waals surface area contributed by atoms with E-state index in [1.165, 1.54) is 0 Å². The summed E-state index contributed by atoms with van der Waals surface area (Å²) in [6.07, 6.45) is 2.28. The zero-order chi connectivity index (χ0) is 12.1. The Hall–Kier alpha value is -1.00. The lowest BCUT2D eigenvalue weighted by molar-refractivity contribution is 0.0696. The Morgan fingerprint density at radius 3 is 2.53 bits per heavy atom. The Balaban J connectivity index is 1.84. The van der Waals surface area contributed by atoms with E-state index in [0.29, 0.717) is 5.56 Å². The maximum absolute atomic E-state index is 10.7. The van der Waals surface area contributed by atoms with Crippen molar-refractivity contribution in [3.63, 3.8) is 0 Å². The number of aromatic carboxylic acids is 1. The van der Waals surface area contributed by atoms with E-state index in [2.05, 4.69) is 0 Å². The third-order valence-corrected chi connectivity index (χ3v) is 4.17. The maximum atomic E-state index is 10.7. The van der Waals surface area contributed by atoms with Gasteiger partial charge < -0.3 is 9.84 Å². The van der Waals surface area contributed by atoms with Gasteiger partial charge in [0.1, 0.15) is 0 Å². The minimum Gasteiger partial charge on any atom is -0.478 e. The van der Waals surface area contributed by atoms with Gasteiger partial charge in [-0.2, -0.15) is 0 Å². The second-order valence-electron chi connectivity index (χ2n) is 4.20. The quantitative estimate of drug-likeness (QED) is 0.837. The Morgan fingerprint density at radius 1 is 1.29 bits per heavy atom. The summed E-state index contributed by atoms with van der Waals surface area (Å²) in [6.45, 7) is 1.76. The summed E-state index contributed by atoms with van der Waals surface area (Å²) in [5.74, 6) is 0.953. The molecule has 1 aromatic carbocycles. The standard InChI is InChI=1S/C13H16O3S/c14-13(15)11-1-3-12(4-2-11)17-9-10-5-7-16-8-6-10/h1-4,10H,5-9H2,(H,14,15). The van der Waals surface area contributed by atoms with Crippen LogP contribution in [-0.2, 0) is 4.74 Å². The molecule has 3 nitrogen and oxygen atoms in total. The summed E-state index contributed by atoms with van der Waals surface area (Å²) in [7, 11) is 0. The molecule has 0 bridgehead atoms. The average molecular weight is 252 g/mol. The van der Waals surface area contributed by atoms with Crippen molar-refractivity contribution in [1.29, 1.82) is 0 Å². The minimum atomic E-state index is -0.869. The molecule has 0 amide bonds. The van der Waals surface area contributed by atoms with Crippen LogP contribution < -0.4 is 0 Å². The van der Waals surface area contributed by atoms with Crippen molar-refractivity contribution in [2.45, 2.75) is 17.7 Å². The van der Waals surface area contributed by atoms with E-state index in [1.807, 2.05) is 12.1 Å². The Labute approximate surface area is 105 Å². The SMILES string of the molecule is O=C(O)c1ccc(SCC2CCOCC2)cc1. The fourth-order valence-electron chi connectivity index (χ4n) is 1.82. The summed E-state index contributed by atoms with van der Waals surface area (Å²) in [6, 6.07) is 7.09. The number of rotatable bonds is 4. The molecular weight excluding hydrogens is 236 g/mol. The molecule has 1 aliphatic heterocycles. The lowest BCUT2D eigenvalue weighted by atomic mass is 10.0. The number of carboxylic acids is 1. The molecule has 0 unspecified atom stereocenters. The number of benzene rings is 1. The van der Waals surface area contributed by atoms with Gasteiger partial charge in [-0.05, 0) is 43.0 Å². The molecule has 0 aromatic heterocycles. The fourth-order valence-corrected chi connectivity index (χ4v) is 2.91. The number of hydrogen-bond acceptors (Lipinski definition) is 3. The molecule has 0 spiro atoms. The van der Waals surface area contributed by atoms with E-state index in [1.54, 1.807) is 23.9 Å². The normalized spacial score (nSPS) is 16.9. The third kappa shape index (κ3) is 3.75. The van der Waals surface area contributed by atoms with Gasteiger partial charge in [0.2, 0.25) is 0 Å². The molecule has 1 N–H and O–H groups in total. The molecule has 1 aliphatic rings. The van der Waals surface area contributed by atoms with Gasteiger partial charge in [0, 0.05) is 23.9 Å². The molecule has 92 valence electrons. The van der Waals surface area contributed by atoms with Gasteiger partial charge in [-0.1, -0.05) is 0 Å². The van der Waals surface area contributed by atoms with Crippen LogP contribution in [0.4, 0.5) is 0 Å². The van der Waals surface area contributed by atoms with Crippen molar-refractivity contribution in [1.82, 2.24) is 0 Å². The molecule has 0 atom stereocenters. The van der Waals surface area contributed by atoms with Gasteiger partial charge in [-0.15, -0.1) is 11.8 Å². The highest BCUT2D eigenvalue weighted by Gasteiger charge is 2.13. The van der Waals surface area contributed by atoms with Gasteiger partial charge >= 0.3 is 5.97 Å². The maximum Gasteiger partial charge on any atom is 0.335 e. The number of carboxylic acid groups (broad SMARTS) is 1. The predicted octanol–water partition coefficient (Wildman–Crippen LogP) is 2.90. The molecule has 0 radical (unpaired) electrons. The van der Waals surface area contributed by atoms with Crippen LogP contribution in [0, 0.1) is 5.92 Å². The first kappa shape index (κ1) is 12.5. The highest BCUT2D eigenvalue weighted by molar-refractivity contribution is 7.99. The molecular formula is C13H16O3S. The monoisotopic (exact) mass is 252 g/mol. The van der Waals surface area contributed by atoms with Crippen LogP contribution in [0.2, 0.25) is 0 Å². The largest absolute Gasteiger partial charge is 0.478 e. The van der Waals surface area contributed by atoms with Crippen molar-refractivity contribution in [2.75, 3.05) is 19.0 Å². The average Bonchev–Trinajstić information content (AvgIpc) is 2.38. The first-order chi connectivity index (χ1) is 8.25. The van der Waals surface area contributed by atoms with E-state index in [4.69, 9.17) is 9.84 Å².